The Labute approximate surface area is 118 Å². The summed E-state index contributed by atoms with van der Waals surface area (Å²) in [6, 6.07) is 1.39. The first-order valence-corrected chi connectivity index (χ1v) is 7.60. The van der Waals surface area contributed by atoms with Crippen molar-refractivity contribution < 1.29 is 13.2 Å². The number of sulfonamides is 1. The van der Waals surface area contributed by atoms with E-state index in [1.54, 1.807) is 0 Å². The molecule has 108 valence electrons. The van der Waals surface area contributed by atoms with Gasteiger partial charge in [0.2, 0.25) is 10.0 Å². The highest BCUT2D eigenvalue weighted by Crippen LogP contribution is 2.23. The molecule has 1 heterocycles. The summed E-state index contributed by atoms with van der Waals surface area (Å²) < 4.78 is 30.5. The predicted molar refractivity (Wildman–Crippen MR) is 75.1 cm³/mol. The maximum Gasteiger partial charge on any atom is 0.244 e. The van der Waals surface area contributed by atoms with Gasteiger partial charge >= 0.3 is 0 Å². The molecule has 0 bridgehead atoms. The van der Waals surface area contributed by atoms with E-state index in [4.69, 9.17) is 16.3 Å². The van der Waals surface area contributed by atoms with Gasteiger partial charge in [0.05, 0.1) is 11.6 Å². The van der Waals surface area contributed by atoms with Crippen molar-refractivity contribution in [3.8, 4) is 0 Å². The molecule has 6 nitrogen and oxygen atoms in total. The number of methoxy groups -OCH3 is 1. The lowest BCUT2D eigenvalue weighted by molar-refractivity contribution is 0.185. The van der Waals surface area contributed by atoms with Crippen molar-refractivity contribution >= 4 is 27.4 Å². The highest BCUT2D eigenvalue weighted by molar-refractivity contribution is 7.89. The summed E-state index contributed by atoms with van der Waals surface area (Å²) in [6.07, 6.45) is 1.29. The zero-order chi connectivity index (χ0) is 14.5. The monoisotopic (exact) mass is 307 g/mol. The molecule has 1 aromatic heterocycles. The molecule has 0 unspecified atom stereocenters. The number of anilines is 1. The van der Waals surface area contributed by atoms with Crippen molar-refractivity contribution in [3.05, 3.63) is 17.3 Å². The first-order chi connectivity index (χ1) is 8.93. The molecule has 0 amide bonds. The number of aromatic nitrogens is 1. The van der Waals surface area contributed by atoms with E-state index in [0.29, 0.717) is 19.0 Å². The van der Waals surface area contributed by atoms with E-state index >= 15 is 0 Å². The maximum absolute atomic E-state index is 12.2. The van der Waals surface area contributed by atoms with Crippen molar-refractivity contribution in [1.29, 1.82) is 0 Å². The fourth-order valence-electron chi connectivity index (χ4n) is 1.38. The number of nitrogens with zero attached hydrogens (tertiary/aromatic N) is 2. The number of ether oxygens (including phenoxy) is 1. The number of likely N-dealkylation sites (N-methyl/N-ethyl adjacent to an activating group) is 1. The van der Waals surface area contributed by atoms with Crippen LogP contribution in [0, 0.1) is 0 Å². The molecular weight excluding hydrogens is 290 g/mol. The summed E-state index contributed by atoms with van der Waals surface area (Å²) in [5, 5.41) is 3.23. The second kappa shape index (κ2) is 7.04. The minimum Gasteiger partial charge on any atom is -0.383 e. The maximum atomic E-state index is 12.2. The number of halogens is 1. The molecule has 0 spiro atoms. The number of rotatable bonds is 7. The summed E-state index contributed by atoms with van der Waals surface area (Å²) in [5.74, 6) is 0.475. The van der Waals surface area contributed by atoms with E-state index in [1.165, 1.54) is 30.7 Å². The first-order valence-electron chi connectivity index (χ1n) is 5.78. The standard InChI is InChI=1S/C11H18ClN3O3S/c1-4-13-11-10(12)7-9(8-14-11)19(16,17)15(2)5-6-18-3/h7-8H,4-6H2,1-3H3,(H,13,14). The lowest BCUT2D eigenvalue weighted by Crippen LogP contribution is -2.30. The second-order valence-electron chi connectivity index (χ2n) is 3.85. The molecule has 0 fully saturated rings. The second-order valence-corrected chi connectivity index (χ2v) is 6.30. The summed E-state index contributed by atoms with van der Waals surface area (Å²) in [5.41, 5.74) is 0. The molecule has 0 aliphatic heterocycles. The van der Waals surface area contributed by atoms with Crippen LogP contribution in [0.4, 0.5) is 5.82 Å². The van der Waals surface area contributed by atoms with Crippen molar-refractivity contribution in [1.82, 2.24) is 9.29 Å². The molecule has 19 heavy (non-hydrogen) atoms. The fraction of sp³-hybridized carbons (Fsp3) is 0.545. The lowest BCUT2D eigenvalue weighted by Gasteiger charge is -2.17. The molecule has 1 N–H and O–H groups in total. The molecule has 0 aliphatic rings. The van der Waals surface area contributed by atoms with Crippen LogP contribution in [0.2, 0.25) is 5.02 Å². The Bertz CT molecular complexity index is 522. The third kappa shape index (κ3) is 4.04. The largest absolute Gasteiger partial charge is 0.383 e. The summed E-state index contributed by atoms with van der Waals surface area (Å²) in [7, 11) is -0.582. The Morgan fingerprint density at radius 2 is 2.21 bits per heavy atom. The van der Waals surface area contributed by atoms with E-state index < -0.39 is 10.0 Å². The van der Waals surface area contributed by atoms with Gasteiger partial charge in [0.25, 0.3) is 0 Å². The van der Waals surface area contributed by atoms with Crippen LogP contribution in [0.5, 0.6) is 0 Å². The van der Waals surface area contributed by atoms with Gasteiger partial charge in [0, 0.05) is 33.4 Å². The zero-order valence-corrected chi connectivity index (χ0v) is 12.8. The number of nitrogens with one attached hydrogen (secondary N) is 1. The number of hydrogen-bond acceptors (Lipinski definition) is 5. The quantitative estimate of drug-likeness (QED) is 0.825. The Balaban J connectivity index is 2.99. The van der Waals surface area contributed by atoms with Crippen LogP contribution in [-0.4, -0.2) is 51.6 Å². The SMILES string of the molecule is CCNc1ncc(S(=O)(=O)N(C)CCOC)cc1Cl. The van der Waals surface area contributed by atoms with Gasteiger partial charge in [-0.25, -0.2) is 13.4 Å². The lowest BCUT2D eigenvalue weighted by atomic mass is 10.4. The van der Waals surface area contributed by atoms with Gasteiger partial charge in [-0.05, 0) is 13.0 Å². The van der Waals surface area contributed by atoms with Crippen LogP contribution in [0.1, 0.15) is 6.92 Å². The molecule has 1 aromatic rings. The highest BCUT2D eigenvalue weighted by atomic mass is 35.5. The van der Waals surface area contributed by atoms with Crippen molar-refractivity contribution in [2.24, 2.45) is 0 Å². The Morgan fingerprint density at radius 3 is 2.74 bits per heavy atom. The average molecular weight is 308 g/mol. The van der Waals surface area contributed by atoms with E-state index in [1.807, 2.05) is 6.92 Å². The molecule has 1 rings (SSSR count). The van der Waals surface area contributed by atoms with Crippen LogP contribution >= 0.6 is 11.6 Å². The molecular formula is C11H18ClN3O3S. The molecule has 0 radical (unpaired) electrons. The van der Waals surface area contributed by atoms with Gasteiger partial charge in [0.15, 0.2) is 0 Å². The molecule has 0 saturated heterocycles. The molecule has 0 aromatic carbocycles. The van der Waals surface area contributed by atoms with Crippen LogP contribution < -0.4 is 5.32 Å². The van der Waals surface area contributed by atoms with Gasteiger partial charge < -0.3 is 10.1 Å². The van der Waals surface area contributed by atoms with Gasteiger partial charge in [-0.2, -0.15) is 4.31 Å². The van der Waals surface area contributed by atoms with E-state index in [-0.39, 0.29) is 16.5 Å². The van der Waals surface area contributed by atoms with E-state index in [2.05, 4.69) is 10.3 Å². The van der Waals surface area contributed by atoms with Crippen molar-refractivity contribution in [2.45, 2.75) is 11.8 Å². The van der Waals surface area contributed by atoms with Crippen molar-refractivity contribution in [2.75, 3.05) is 39.2 Å². The van der Waals surface area contributed by atoms with Crippen LogP contribution in [0.3, 0.4) is 0 Å². The first kappa shape index (κ1) is 16.2. The number of hydrogen-bond donors (Lipinski definition) is 1. The third-order valence-corrected chi connectivity index (χ3v) is 4.59. The van der Waals surface area contributed by atoms with Crippen LogP contribution in [-0.2, 0) is 14.8 Å². The fourth-order valence-corrected chi connectivity index (χ4v) is 2.80. The van der Waals surface area contributed by atoms with Crippen molar-refractivity contribution in [3.63, 3.8) is 0 Å². The summed E-state index contributed by atoms with van der Waals surface area (Å²) in [4.78, 5) is 4.08. The zero-order valence-electron chi connectivity index (χ0n) is 11.2. The Hall–Kier alpha value is -0.890. The highest BCUT2D eigenvalue weighted by Gasteiger charge is 2.21. The van der Waals surface area contributed by atoms with E-state index in [0.717, 1.165) is 0 Å². The van der Waals surface area contributed by atoms with Crippen LogP contribution in [0.15, 0.2) is 17.2 Å². The Morgan fingerprint density at radius 1 is 1.53 bits per heavy atom. The average Bonchev–Trinajstić information content (AvgIpc) is 2.38. The topological polar surface area (TPSA) is 71.5 Å². The molecule has 8 heteroatoms. The predicted octanol–water partition coefficient (Wildman–Crippen LogP) is 1.43. The molecule has 0 aliphatic carbocycles. The van der Waals surface area contributed by atoms with Gasteiger partial charge in [-0.1, -0.05) is 11.6 Å². The van der Waals surface area contributed by atoms with Gasteiger partial charge in [-0.15, -0.1) is 0 Å². The van der Waals surface area contributed by atoms with Crippen LogP contribution in [0.25, 0.3) is 0 Å². The number of pyridine rings is 1. The Kier molecular flexibility index (Phi) is 5.99. The summed E-state index contributed by atoms with van der Waals surface area (Å²) >= 11 is 5.99. The normalized spacial score (nSPS) is 11.8. The minimum absolute atomic E-state index is 0.0674. The summed E-state index contributed by atoms with van der Waals surface area (Å²) in [6.45, 7) is 3.16. The van der Waals surface area contributed by atoms with E-state index in [9.17, 15) is 8.42 Å². The minimum atomic E-state index is -3.59. The molecule has 0 atom stereocenters. The smallest absolute Gasteiger partial charge is 0.244 e. The third-order valence-electron chi connectivity index (χ3n) is 2.48. The van der Waals surface area contributed by atoms with Gasteiger partial charge in [0.1, 0.15) is 10.7 Å². The molecule has 0 saturated carbocycles. The van der Waals surface area contributed by atoms with Gasteiger partial charge in [-0.3, -0.25) is 0 Å².